The molecule has 0 spiro atoms. The minimum Gasteiger partial charge on any atom is -0.508 e. The summed E-state index contributed by atoms with van der Waals surface area (Å²) in [6, 6.07) is 5.10. The average molecular weight is 349 g/mol. The summed E-state index contributed by atoms with van der Waals surface area (Å²) in [6.07, 6.45) is 1.41. The van der Waals surface area contributed by atoms with Crippen molar-refractivity contribution in [3.63, 3.8) is 0 Å². The standard InChI is InChI=1S/C18H27N3O4/c1-4-11(2)16(18(25)20-12(3)17(19)24)21-15(23)10-7-13-5-8-14(22)9-6-13/h5-6,8-9,11-12,16,22H,4,7,10H2,1-3H3,(H2,19,24)(H,20,25)(H,21,23)/t11?,12-,16?/m0/s1. The summed E-state index contributed by atoms with van der Waals surface area (Å²) in [5, 5.41) is 14.5. The van der Waals surface area contributed by atoms with Crippen LogP contribution in [0.1, 0.15) is 39.2 Å². The minimum absolute atomic E-state index is 0.0855. The number of primary amides is 1. The molecule has 0 aliphatic rings. The molecule has 3 amide bonds. The molecule has 1 aromatic carbocycles. The van der Waals surface area contributed by atoms with Crippen LogP contribution in [0.4, 0.5) is 0 Å². The Hall–Kier alpha value is -2.57. The maximum atomic E-state index is 12.3. The summed E-state index contributed by atoms with van der Waals surface area (Å²) >= 11 is 0. The van der Waals surface area contributed by atoms with Crippen molar-refractivity contribution >= 4 is 17.7 Å². The molecule has 5 N–H and O–H groups in total. The number of nitrogens with two attached hydrogens (primary N) is 1. The van der Waals surface area contributed by atoms with Gasteiger partial charge in [0.1, 0.15) is 17.8 Å². The summed E-state index contributed by atoms with van der Waals surface area (Å²) in [5.74, 6) is -1.21. The van der Waals surface area contributed by atoms with E-state index in [4.69, 9.17) is 5.73 Å². The van der Waals surface area contributed by atoms with E-state index in [1.165, 1.54) is 6.92 Å². The van der Waals surface area contributed by atoms with E-state index in [9.17, 15) is 19.5 Å². The third-order valence-electron chi connectivity index (χ3n) is 4.17. The van der Waals surface area contributed by atoms with Gasteiger partial charge in [-0.2, -0.15) is 0 Å². The number of nitrogens with one attached hydrogen (secondary N) is 2. The molecule has 1 aromatic rings. The van der Waals surface area contributed by atoms with Gasteiger partial charge in [-0.15, -0.1) is 0 Å². The van der Waals surface area contributed by atoms with E-state index in [0.29, 0.717) is 12.8 Å². The third-order valence-corrected chi connectivity index (χ3v) is 4.17. The van der Waals surface area contributed by atoms with Crippen LogP contribution in [-0.2, 0) is 20.8 Å². The van der Waals surface area contributed by atoms with Gasteiger partial charge in [-0.05, 0) is 37.0 Å². The molecule has 0 fully saturated rings. The minimum atomic E-state index is -0.798. The number of rotatable bonds is 9. The van der Waals surface area contributed by atoms with Gasteiger partial charge in [0.25, 0.3) is 0 Å². The number of aromatic hydroxyl groups is 1. The Morgan fingerprint density at radius 2 is 1.72 bits per heavy atom. The van der Waals surface area contributed by atoms with Crippen molar-refractivity contribution in [3.05, 3.63) is 29.8 Å². The van der Waals surface area contributed by atoms with Gasteiger partial charge in [0, 0.05) is 6.42 Å². The molecule has 0 saturated carbocycles. The predicted octanol–water partition coefficient (Wildman–Crippen LogP) is 0.846. The third kappa shape index (κ3) is 6.82. The molecule has 25 heavy (non-hydrogen) atoms. The van der Waals surface area contributed by atoms with Gasteiger partial charge in [0.2, 0.25) is 17.7 Å². The average Bonchev–Trinajstić information content (AvgIpc) is 2.58. The van der Waals surface area contributed by atoms with Crippen molar-refractivity contribution in [2.45, 2.75) is 52.1 Å². The maximum absolute atomic E-state index is 12.3. The number of benzene rings is 1. The highest BCUT2D eigenvalue weighted by atomic mass is 16.3. The zero-order valence-corrected chi connectivity index (χ0v) is 14.9. The van der Waals surface area contributed by atoms with Crippen LogP contribution >= 0.6 is 0 Å². The van der Waals surface area contributed by atoms with Gasteiger partial charge in [-0.1, -0.05) is 32.4 Å². The van der Waals surface area contributed by atoms with Crippen molar-refractivity contribution in [2.75, 3.05) is 0 Å². The lowest BCUT2D eigenvalue weighted by molar-refractivity contribution is -0.132. The second-order valence-electron chi connectivity index (χ2n) is 6.23. The van der Waals surface area contributed by atoms with Crippen molar-refractivity contribution in [3.8, 4) is 5.75 Å². The van der Waals surface area contributed by atoms with Gasteiger partial charge < -0.3 is 21.5 Å². The Balaban J connectivity index is 2.64. The number of aryl methyl sites for hydroxylation is 1. The van der Waals surface area contributed by atoms with E-state index in [1.807, 2.05) is 13.8 Å². The van der Waals surface area contributed by atoms with Crippen LogP contribution in [0.15, 0.2) is 24.3 Å². The molecule has 0 heterocycles. The van der Waals surface area contributed by atoms with Gasteiger partial charge in [0.05, 0.1) is 0 Å². The Bertz CT molecular complexity index is 601. The smallest absolute Gasteiger partial charge is 0.243 e. The van der Waals surface area contributed by atoms with E-state index < -0.39 is 23.9 Å². The molecule has 0 aromatic heterocycles. The molecule has 0 aliphatic heterocycles. The van der Waals surface area contributed by atoms with E-state index in [0.717, 1.165) is 5.56 Å². The quantitative estimate of drug-likeness (QED) is 0.528. The van der Waals surface area contributed by atoms with Crippen molar-refractivity contribution < 1.29 is 19.5 Å². The summed E-state index contributed by atoms with van der Waals surface area (Å²) in [4.78, 5) is 35.7. The first-order chi connectivity index (χ1) is 11.7. The molecule has 7 nitrogen and oxygen atoms in total. The van der Waals surface area contributed by atoms with Crippen LogP contribution in [0.5, 0.6) is 5.75 Å². The molecule has 0 radical (unpaired) electrons. The van der Waals surface area contributed by atoms with Crippen LogP contribution in [0.2, 0.25) is 0 Å². The van der Waals surface area contributed by atoms with Gasteiger partial charge in [-0.25, -0.2) is 0 Å². The number of hydrogen-bond acceptors (Lipinski definition) is 4. The lowest BCUT2D eigenvalue weighted by Crippen LogP contribution is -2.54. The van der Waals surface area contributed by atoms with Gasteiger partial charge in [-0.3, -0.25) is 14.4 Å². The van der Waals surface area contributed by atoms with Crippen LogP contribution in [0.25, 0.3) is 0 Å². The Morgan fingerprint density at radius 1 is 1.12 bits per heavy atom. The Kier molecular flexibility index (Phi) is 7.91. The lowest BCUT2D eigenvalue weighted by Gasteiger charge is -2.24. The van der Waals surface area contributed by atoms with E-state index in [1.54, 1.807) is 24.3 Å². The zero-order valence-electron chi connectivity index (χ0n) is 14.9. The molecular weight excluding hydrogens is 322 g/mol. The SMILES string of the molecule is CCC(C)C(NC(=O)CCc1ccc(O)cc1)C(=O)N[C@@H](C)C(N)=O. The molecule has 1 rings (SSSR count). The largest absolute Gasteiger partial charge is 0.508 e. The molecule has 7 heteroatoms. The number of hydrogen-bond donors (Lipinski definition) is 4. The molecule has 138 valence electrons. The normalized spacial score (nSPS) is 14.2. The molecule has 0 bridgehead atoms. The fraction of sp³-hybridized carbons (Fsp3) is 0.500. The summed E-state index contributed by atoms with van der Waals surface area (Å²) in [7, 11) is 0. The topological polar surface area (TPSA) is 122 Å². The number of amides is 3. The molecule has 2 unspecified atom stereocenters. The first kappa shape index (κ1) is 20.5. The highest BCUT2D eigenvalue weighted by Crippen LogP contribution is 2.12. The lowest BCUT2D eigenvalue weighted by atomic mass is 9.97. The number of carbonyl (C=O) groups is 3. The predicted molar refractivity (Wildman–Crippen MR) is 94.6 cm³/mol. The fourth-order valence-electron chi connectivity index (χ4n) is 2.24. The van der Waals surface area contributed by atoms with E-state index >= 15 is 0 Å². The van der Waals surface area contributed by atoms with Crippen molar-refractivity contribution in [1.29, 1.82) is 0 Å². The van der Waals surface area contributed by atoms with E-state index in [2.05, 4.69) is 10.6 Å². The highest BCUT2D eigenvalue weighted by molar-refractivity contribution is 5.91. The maximum Gasteiger partial charge on any atom is 0.243 e. The monoisotopic (exact) mass is 349 g/mol. The van der Waals surface area contributed by atoms with E-state index in [-0.39, 0.29) is 24.0 Å². The van der Waals surface area contributed by atoms with Crippen LogP contribution in [0.3, 0.4) is 0 Å². The van der Waals surface area contributed by atoms with Gasteiger partial charge >= 0.3 is 0 Å². The van der Waals surface area contributed by atoms with Crippen LogP contribution < -0.4 is 16.4 Å². The number of phenols is 1. The summed E-state index contributed by atoms with van der Waals surface area (Å²) in [5.41, 5.74) is 6.07. The highest BCUT2D eigenvalue weighted by Gasteiger charge is 2.27. The fourth-order valence-corrected chi connectivity index (χ4v) is 2.24. The van der Waals surface area contributed by atoms with Crippen LogP contribution in [0, 0.1) is 5.92 Å². The molecular formula is C18H27N3O4. The Morgan fingerprint density at radius 3 is 2.24 bits per heavy atom. The van der Waals surface area contributed by atoms with Gasteiger partial charge in [0.15, 0.2) is 0 Å². The molecule has 0 saturated heterocycles. The van der Waals surface area contributed by atoms with Crippen molar-refractivity contribution in [2.24, 2.45) is 11.7 Å². The first-order valence-corrected chi connectivity index (χ1v) is 8.41. The number of phenolic OH excluding ortho intramolecular Hbond substituents is 1. The number of carbonyl (C=O) groups excluding carboxylic acids is 3. The Labute approximate surface area is 148 Å². The van der Waals surface area contributed by atoms with Crippen LogP contribution in [-0.4, -0.2) is 34.9 Å². The van der Waals surface area contributed by atoms with Crippen molar-refractivity contribution in [1.82, 2.24) is 10.6 Å². The zero-order chi connectivity index (χ0) is 19.0. The first-order valence-electron chi connectivity index (χ1n) is 8.41. The second kappa shape index (κ2) is 9.66. The second-order valence-corrected chi connectivity index (χ2v) is 6.23. The summed E-state index contributed by atoms with van der Waals surface area (Å²) < 4.78 is 0. The molecule has 0 aliphatic carbocycles. The summed E-state index contributed by atoms with van der Waals surface area (Å²) in [6.45, 7) is 5.28. The molecule has 3 atom stereocenters.